The monoisotopic (exact) mass is 228 g/mol. The van der Waals surface area contributed by atoms with Crippen molar-refractivity contribution in [3.05, 3.63) is 33.8 Å². The van der Waals surface area contributed by atoms with Gasteiger partial charge in [-0.3, -0.25) is 0 Å². The van der Waals surface area contributed by atoms with Crippen LogP contribution >= 0.6 is 23.2 Å². The van der Waals surface area contributed by atoms with Crippen molar-refractivity contribution >= 4 is 23.2 Å². The highest BCUT2D eigenvalue weighted by Gasteiger charge is 2.55. The molecular formula is C12H14Cl2. The summed E-state index contributed by atoms with van der Waals surface area (Å²) in [5.41, 5.74) is 1.67. The van der Waals surface area contributed by atoms with Crippen molar-refractivity contribution in [3.8, 4) is 0 Å². The van der Waals surface area contributed by atoms with Crippen LogP contribution in [0.4, 0.5) is 0 Å². The minimum Gasteiger partial charge on any atom is -0.0843 e. The minimum absolute atomic E-state index is 0.397. The van der Waals surface area contributed by atoms with Gasteiger partial charge in [0.05, 0.1) is 0 Å². The summed E-state index contributed by atoms with van der Waals surface area (Å²) in [6, 6.07) is 5.85. The van der Waals surface area contributed by atoms with E-state index in [1.165, 1.54) is 5.56 Å². The van der Waals surface area contributed by atoms with Crippen LogP contribution in [0.25, 0.3) is 0 Å². The van der Waals surface area contributed by atoms with Crippen LogP contribution < -0.4 is 0 Å². The predicted octanol–water partition coefficient (Wildman–Crippen LogP) is 4.75. The Kier molecular flexibility index (Phi) is 2.32. The van der Waals surface area contributed by atoms with Crippen LogP contribution in [0.15, 0.2) is 18.2 Å². The first-order chi connectivity index (χ1) is 6.43. The Balaban J connectivity index is 2.35. The molecule has 76 valence electrons. The third-order valence-corrected chi connectivity index (χ3v) is 4.05. The lowest BCUT2D eigenvalue weighted by atomic mass is 10.0. The smallest absolute Gasteiger partial charge is 0.0423 e. The molecule has 0 bridgehead atoms. The summed E-state index contributed by atoms with van der Waals surface area (Å²) in [5, 5.41) is 1.48. The topological polar surface area (TPSA) is 0 Å². The SMILES string of the molecule is CC1[C@@H](c2cc(Cl)cc(Cl)c2)C1(C)C. The maximum atomic E-state index is 5.98. The van der Waals surface area contributed by atoms with E-state index in [1.54, 1.807) is 6.07 Å². The second kappa shape index (κ2) is 3.15. The first kappa shape index (κ1) is 10.3. The summed E-state index contributed by atoms with van der Waals surface area (Å²) >= 11 is 12.0. The van der Waals surface area contributed by atoms with Crippen LogP contribution in [0, 0.1) is 11.3 Å². The van der Waals surface area contributed by atoms with E-state index < -0.39 is 0 Å². The van der Waals surface area contributed by atoms with E-state index in [2.05, 4.69) is 20.8 Å². The van der Waals surface area contributed by atoms with Gasteiger partial charge in [0, 0.05) is 10.0 Å². The van der Waals surface area contributed by atoms with E-state index in [9.17, 15) is 0 Å². The normalized spacial score (nSPS) is 28.9. The summed E-state index contributed by atoms with van der Waals surface area (Å²) in [4.78, 5) is 0. The highest BCUT2D eigenvalue weighted by atomic mass is 35.5. The third-order valence-electron chi connectivity index (χ3n) is 3.61. The van der Waals surface area contributed by atoms with Crippen LogP contribution in [-0.4, -0.2) is 0 Å². The molecule has 0 aromatic heterocycles. The van der Waals surface area contributed by atoms with Gasteiger partial charge in [0.25, 0.3) is 0 Å². The molecule has 0 aliphatic heterocycles. The van der Waals surface area contributed by atoms with E-state index in [4.69, 9.17) is 23.2 Å². The van der Waals surface area contributed by atoms with E-state index in [-0.39, 0.29) is 0 Å². The Hall–Kier alpha value is -0.200. The Morgan fingerprint density at radius 1 is 1.07 bits per heavy atom. The quantitative estimate of drug-likeness (QED) is 0.651. The lowest BCUT2D eigenvalue weighted by Crippen LogP contribution is -1.90. The average molecular weight is 229 g/mol. The molecule has 0 N–H and O–H groups in total. The summed E-state index contributed by atoms with van der Waals surface area (Å²) in [7, 11) is 0. The highest BCUT2D eigenvalue weighted by molar-refractivity contribution is 6.34. The van der Waals surface area contributed by atoms with E-state index in [0.29, 0.717) is 11.3 Å². The van der Waals surface area contributed by atoms with Gasteiger partial charge in [-0.2, -0.15) is 0 Å². The standard InChI is InChI=1S/C12H14Cl2/c1-7-11(12(7,2)3)8-4-9(13)6-10(14)5-8/h4-7,11H,1-3H3/t7?,11-/m0/s1. The first-order valence-corrected chi connectivity index (χ1v) is 5.64. The zero-order valence-corrected chi connectivity index (χ0v) is 10.2. The third kappa shape index (κ3) is 1.55. The van der Waals surface area contributed by atoms with Crippen LogP contribution in [0.5, 0.6) is 0 Å². The van der Waals surface area contributed by atoms with Crippen molar-refractivity contribution in [2.75, 3.05) is 0 Å². The van der Waals surface area contributed by atoms with Gasteiger partial charge in [0.2, 0.25) is 0 Å². The second-order valence-electron chi connectivity index (χ2n) is 4.79. The molecule has 0 nitrogen and oxygen atoms in total. The molecule has 1 saturated carbocycles. The molecule has 0 saturated heterocycles. The number of halogens is 2. The van der Waals surface area contributed by atoms with E-state index in [1.807, 2.05) is 12.1 Å². The molecule has 1 fully saturated rings. The van der Waals surface area contributed by atoms with Gasteiger partial charge in [-0.25, -0.2) is 0 Å². The lowest BCUT2D eigenvalue weighted by molar-refractivity contribution is 0.575. The second-order valence-corrected chi connectivity index (χ2v) is 5.66. The molecule has 0 spiro atoms. The number of rotatable bonds is 1. The summed E-state index contributed by atoms with van der Waals surface area (Å²) in [6.07, 6.45) is 0. The fourth-order valence-electron chi connectivity index (χ4n) is 2.37. The van der Waals surface area contributed by atoms with Crippen LogP contribution in [0.2, 0.25) is 10.0 Å². The van der Waals surface area contributed by atoms with Crippen LogP contribution in [0.3, 0.4) is 0 Å². The minimum atomic E-state index is 0.397. The fraction of sp³-hybridized carbons (Fsp3) is 0.500. The molecule has 2 atom stereocenters. The van der Waals surface area contributed by atoms with Gasteiger partial charge in [-0.1, -0.05) is 44.0 Å². The number of hydrogen-bond donors (Lipinski definition) is 0. The Morgan fingerprint density at radius 3 is 1.86 bits per heavy atom. The van der Waals surface area contributed by atoms with E-state index >= 15 is 0 Å². The summed E-state index contributed by atoms with van der Waals surface area (Å²) < 4.78 is 0. The van der Waals surface area contributed by atoms with Gasteiger partial charge in [0.15, 0.2) is 0 Å². The van der Waals surface area contributed by atoms with Crippen molar-refractivity contribution in [2.45, 2.75) is 26.7 Å². The zero-order valence-electron chi connectivity index (χ0n) is 8.64. The van der Waals surface area contributed by atoms with Gasteiger partial charge in [-0.15, -0.1) is 0 Å². The van der Waals surface area contributed by atoms with Crippen LogP contribution in [-0.2, 0) is 0 Å². The predicted molar refractivity (Wildman–Crippen MR) is 62.1 cm³/mol. The molecule has 0 heterocycles. The highest BCUT2D eigenvalue weighted by Crippen LogP contribution is 2.64. The first-order valence-electron chi connectivity index (χ1n) is 4.89. The number of hydrogen-bond acceptors (Lipinski definition) is 0. The maximum Gasteiger partial charge on any atom is 0.0423 e. The molecule has 1 aromatic rings. The molecule has 14 heavy (non-hydrogen) atoms. The molecule has 1 aromatic carbocycles. The Morgan fingerprint density at radius 2 is 1.50 bits per heavy atom. The molecule has 2 rings (SSSR count). The molecule has 1 aliphatic carbocycles. The Bertz CT molecular complexity index is 348. The molecule has 0 radical (unpaired) electrons. The molecular weight excluding hydrogens is 215 g/mol. The molecule has 2 heteroatoms. The lowest BCUT2D eigenvalue weighted by Gasteiger charge is -2.04. The average Bonchev–Trinajstić information content (AvgIpc) is 2.48. The van der Waals surface area contributed by atoms with Gasteiger partial charge in [-0.05, 0) is 41.0 Å². The van der Waals surface area contributed by atoms with E-state index in [0.717, 1.165) is 16.0 Å². The maximum absolute atomic E-state index is 5.98. The van der Waals surface area contributed by atoms with Gasteiger partial charge in [0.1, 0.15) is 0 Å². The fourth-order valence-corrected chi connectivity index (χ4v) is 2.91. The largest absolute Gasteiger partial charge is 0.0843 e. The zero-order chi connectivity index (χ0) is 10.5. The molecule has 0 amide bonds. The Labute approximate surface area is 95.2 Å². The van der Waals surface area contributed by atoms with Gasteiger partial charge >= 0.3 is 0 Å². The summed E-state index contributed by atoms with van der Waals surface area (Å²) in [6.45, 7) is 6.85. The van der Waals surface area contributed by atoms with Crippen molar-refractivity contribution in [2.24, 2.45) is 11.3 Å². The van der Waals surface area contributed by atoms with Crippen molar-refractivity contribution < 1.29 is 0 Å². The van der Waals surface area contributed by atoms with Crippen LogP contribution in [0.1, 0.15) is 32.3 Å². The molecule has 1 aliphatic rings. The summed E-state index contributed by atoms with van der Waals surface area (Å²) in [5.74, 6) is 1.33. The van der Waals surface area contributed by atoms with Crippen molar-refractivity contribution in [1.29, 1.82) is 0 Å². The molecule has 1 unspecified atom stereocenters. The number of benzene rings is 1. The van der Waals surface area contributed by atoms with Crippen molar-refractivity contribution in [1.82, 2.24) is 0 Å². The van der Waals surface area contributed by atoms with Gasteiger partial charge < -0.3 is 0 Å². The van der Waals surface area contributed by atoms with Crippen molar-refractivity contribution in [3.63, 3.8) is 0 Å².